The van der Waals surface area contributed by atoms with Gasteiger partial charge in [0.2, 0.25) is 11.6 Å². The maximum atomic E-state index is 12.6. The molecule has 8 nitrogen and oxygen atoms in total. The molecule has 2 aromatic rings. The molecule has 2 aliphatic rings. The zero-order valence-electron chi connectivity index (χ0n) is 35.4. The summed E-state index contributed by atoms with van der Waals surface area (Å²) in [7, 11) is -1.18. The molecule has 0 aliphatic carbocycles. The van der Waals surface area contributed by atoms with Gasteiger partial charge in [0.15, 0.2) is 5.71 Å². The van der Waals surface area contributed by atoms with E-state index >= 15 is 0 Å². The highest BCUT2D eigenvalue weighted by Crippen LogP contribution is 2.48. The number of carbonyl (C=O) groups is 1. The number of anilines is 1. The zero-order chi connectivity index (χ0) is 40.0. The van der Waals surface area contributed by atoms with Crippen molar-refractivity contribution in [2.45, 2.75) is 143 Å². The van der Waals surface area contributed by atoms with Gasteiger partial charge in [-0.15, -0.1) is 0 Å². The Labute approximate surface area is 334 Å². The van der Waals surface area contributed by atoms with Crippen LogP contribution in [-0.4, -0.2) is 65.8 Å². The number of hydrogen-bond donors (Lipinski definition) is 1. The van der Waals surface area contributed by atoms with Crippen LogP contribution in [0.5, 0.6) is 0 Å². The summed E-state index contributed by atoms with van der Waals surface area (Å²) in [6.07, 6.45) is 14.8. The summed E-state index contributed by atoms with van der Waals surface area (Å²) in [5, 5.41) is 12.1. The molecule has 300 valence electrons. The molecule has 9 heteroatoms. The molecule has 4 rings (SSSR count). The minimum absolute atomic E-state index is 0.0540. The first kappa shape index (κ1) is 44.4. The number of carbonyl (C=O) groups excluding carboxylic acids is 1. The highest BCUT2D eigenvalue weighted by atomic mass is 31.2. The van der Waals surface area contributed by atoms with Gasteiger partial charge in [-0.2, -0.15) is 9.84 Å². The number of rotatable bonds is 23. The van der Waals surface area contributed by atoms with Gasteiger partial charge < -0.3 is 19.3 Å². The van der Waals surface area contributed by atoms with Crippen molar-refractivity contribution in [3.8, 4) is 6.07 Å². The van der Waals surface area contributed by atoms with E-state index in [2.05, 4.69) is 155 Å². The summed E-state index contributed by atoms with van der Waals surface area (Å²) in [4.78, 5) is 15.1. The van der Waals surface area contributed by atoms with Gasteiger partial charge in [0.05, 0.1) is 31.1 Å². The molecule has 1 N–H and O–H groups in total. The number of nitrogens with zero attached hydrogens (tertiary/aromatic N) is 4. The van der Waals surface area contributed by atoms with Crippen LogP contribution in [-0.2, 0) is 24.7 Å². The van der Waals surface area contributed by atoms with Crippen LogP contribution in [0.15, 0.2) is 72.5 Å². The fourth-order valence-corrected chi connectivity index (χ4v) is 9.81. The molecule has 0 saturated carbocycles. The van der Waals surface area contributed by atoms with Crippen molar-refractivity contribution in [1.82, 2.24) is 9.99 Å². The third-order valence-electron chi connectivity index (χ3n) is 11.0. The van der Waals surface area contributed by atoms with Crippen molar-refractivity contribution in [2.75, 3.05) is 37.7 Å². The van der Waals surface area contributed by atoms with Gasteiger partial charge in [-0.25, -0.2) is 4.67 Å². The van der Waals surface area contributed by atoms with Crippen LogP contribution in [0.2, 0.25) is 0 Å². The predicted octanol–water partition coefficient (Wildman–Crippen LogP) is 10.9. The summed E-state index contributed by atoms with van der Waals surface area (Å²) >= 11 is 0. The Bertz CT molecular complexity index is 1680. The van der Waals surface area contributed by atoms with Crippen LogP contribution in [0.4, 0.5) is 11.4 Å². The van der Waals surface area contributed by atoms with E-state index in [9.17, 15) is 4.79 Å². The second kappa shape index (κ2) is 21.3. The van der Waals surface area contributed by atoms with E-state index in [-0.39, 0.29) is 16.7 Å². The van der Waals surface area contributed by atoms with Gasteiger partial charge in [0.1, 0.15) is 6.54 Å². The molecule has 55 heavy (non-hydrogen) atoms. The molecular weight excluding hydrogens is 702 g/mol. The minimum atomic E-state index is -1.18. The molecule has 0 spiro atoms. The lowest BCUT2D eigenvalue weighted by Gasteiger charge is -2.35. The summed E-state index contributed by atoms with van der Waals surface area (Å²) in [5.41, 5.74) is 7.87. The average molecular weight is 771 g/mol. The van der Waals surface area contributed by atoms with Crippen molar-refractivity contribution in [3.05, 3.63) is 83.6 Å². The first-order valence-electron chi connectivity index (χ1n) is 20.8. The monoisotopic (exact) mass is 771 g/mol. The lowest BCUT2D eigenvalue weighted by Crippen LogP contribution is -2.33. The Morgan fingerprint density at radius 3 is 2.25 bits per heavy atom. The molecule has 0 bridgehead atoms. The molecule has 0 radical (unpaired) electrons. The lowest BCUT2D eigenvalue weighted by atomic mass is 9.81. The van der Waals surface area contributed by atoms with Gasteiger partial charge in [0.25, 0.3) is 8.53 Å². The number of nitriles is 1. The molecule has 0 fully saturated rings. The number of unbranched alkanes of at least 4 members (excludes halogenated alkanes) is 5. The van der Waals surface area contributed by atoms with Crippen molar-refractivity contribution in [2.24, 2.45) is 0 Å². The highest BCUT2D eigenvalue weighted by molar-refractivity contribution is 7.44. The fourth-order valence-electron chi connectivity index (χ4n) is 8.18. The second-order valence-corrected chi connectivity index (χ2v) is 17.9. The van der Waals surface area contributed by atoms with Gasteiger partial charge in [-0.3, -0.25) is 4.79 Å². The molecule has 2 aromatic carbocycles. The smallest absolute Gasteiger partial charge is 0.259 e. The molecule has 0 aromatic heterocycles. The Morgan fingerprint density at radius 1 is 0.891 bits per heavy atom. The second-order valence-electron chi connectivity index (χ2n) is 16.4. The van der Waals surface area contributed by atoms with Crippen LogP contribution in [0.1, 0.15) is 131 Å². The SMILES string of the molecule is CCN1/C(=C/C=C/C2=[N+](CCCCCC(=O)NCCCCCCOP(OCCC#N)N(C(C)C)C(C)C)c3ccccc3C2(C)C)C(C)(C)c2ccccc21. The number of para-hydroxylation sites is 2. The Kier molecular flexibility index (Phi) is 17.2. The Balaban J connectivity index is 1.21. The third kappa shape index (κ3) is 11.4. The van der Waals surface area contributed by atoms with Gasteiger partial charge in [-0.05, 0) is 91.9 Å². The Morgan fingerprint density at radius 2 is 1.55 bits per heavy atom. The van der Waals surface area contributed by atoms with Gasteiger partial charge in [-0.1, -0.05) is 69.2 Å². The van der Waals surface area contributed by atoms with Crippen LogP contribution < -0.4 is 10.2 Å². The summed E-state index contributed by atoms with van der Waals surface area (Å²) in [5.74, 6) is 0.153. The number of allylic oxidation sites excluding steroid dienone is 4. The number of likely N-dealkylation sites (N-methyl/N-ethyl adjacent to an activating group) is 1. The standard InChI is InChI=1S/C46H68N5O3P/c1-10-49-40-26-17-15-24-38(40)45(6,7)42(49)28-22-29-43-46(8,9)39-25-16-18-27-41(39)50(43)33-20-13-14-30-44(52)48-32-19-11-12-21-34-53-55(54-35-23-31-47)51(36(2)3)37(4)5/h15-18,22,24-29,36-37H,10-14,19-21,23,30,32-35H2,1-9H3/p+1. The molecule has 1 unspecified atom stereocenters. The number of fused-ring (bicyclic) bond motifs is 2. The summed E-state index contributed by atoms with van der Waals surface area (Å²) in [6.45, 7) is 23.8. The highest BCUT2D eigenvalue weighted by Gasteiger charge is 2.44. The van der Waals surface area contributed by atoms with Crippen LogP contribution in [0.25, 0.3) is 0 Å². The average Bonchev–Trinajstić information content (AvgIpc) is 3.50. The summed E-state index contributed by atoms with van der Waals surface area (Å²) in [6, 6.07) is 20.4. The quantitative estimate of drug-likeness (QED) is 0.0689. The van der Waals surface area contributed by atoms with E-state index in [1.807, 2.05) is 0 Å². The van der Waals surface area contributed by atoms with E-state index < -0.39 is 8.53 Å². The van der Waals surface area contributed by atoms with E-state index in [0.29, 0.717) is 38.1 Å². The van der Waals surface area contributed by atoms with Crippen molar-refractivity contribution < 1.29 is 18.4 Å². The topological polar surface area (TPSA) is 80.8 Å². The van der Waals surface area contributed by atoms with Crippen molar-refractivity contribution in [3.63, 3.8) is 0 Å². The van der Waals surface area contributed by atoms with E-state index in [0.717, 1.165) is 64.6 Å². The number of benzene rings is 2. The third-order valence-corrected chi connectivity index (χ3v) is 13.1. The summed E-state index contributed by atoms with van der Waals surface area (Å²) < 4.78 is 16.9. The molecular formula is C46H69N5O3P+. The predicted molar refractivity (Wildman–Crippen MR) is 230 cm³/mol. The molecule has 1 atom stereocenters. The largest absolute Gasteiger partial charge is 0.356 e. The van der Waals surface area contributed by atoms with Crippen LogP contribution in [0, 0.1) is 11.3 Å². The number of hydrogen-bond acceptors (Lipinski definition) is 6. The van der Waals surface area contributed by atoms with Gasteiger partial charge in [0, 0.05) is 72.5 Å². The van der Waals surface area contributed by atoms with Crippen LogP contribution in [0.3, 0.4) is 0 Å². The molecule has 0 saturated heterocycles. The molecule has 2 aliphatic heterocycles. The van der Waals surface area contributed by atoms with E-state index in [1.54, 1.807) is 0 Å². The maximum Gasteiger partial charge on any atom is 0.259 e. The van der Waals surface area contributed by atoms with E-state index in [1.165, 1.54) is 33.9 Å². The first-order chi connectivity index (χ1) is 26.4. The number of amides is 1. The van der Waals surface area contributed by atoms with Crippen molar-refractivity contribution in [1.29, 1.82) is 5.26 Å². The number of nitrogens with one attached hydrogen (secondary N) is 1. The first-order valence-corrected chi connectivity index (χ1v) is 22.0. The zero-order valence-corrected chi connectivity index (χ0v) is 36.3. The molecule has 1 amide bonds. The molecule has 2 heterocycles. The van der Waals surface area contributed by atoms with Gasteiger partial charge >= 0.3 is 0 Å². The maximum absolute atomic E-state index is 12.6. The minimum Gasteiger partial charge on any atom is -0.356 e. The normalized spacial score (nSPS) is 17.1. The van der Waals surface area contributed by atoms with Crippen molar-refractivity contribution >= 4 is 31.5 Å². The fraction of sp³-hybridized carbons (Fsp3) is 0.587. The Hall–Kier alpha value is -3.34. The lowest BCUT2D eigenvalue weighted by molar-refractivity contribution is -0.438. The van der Waals surface area contributed by atoms with E-state index in [4.69, 9.17) is 14.3 Å². The van der Waals surface area contributed by atoms with Crippen LogP contribution >= 0.6 is 8.53 Å².